The molecule has 1 amide bonds. The fourth-order valence-electron chi connectivity index (χ4n) is 3.53. The van der Waals surface area contributed by atoms with Crippen LogP contribution in [0.15, 0.2) is 112 Å². The van der Waals surface area contributed by atoms with Gasteiger partial charge in [-0.25, -0.2) is 0 Å². The number of rotatable bonds is 4. The molecule has 5 rings (SSSR count). The number of hydrogen-bond donors (Lipinski definition) is 0. The highest BCUT2D eigenvalue weighted by Crippen LogP contribution is 2.35. The third kappa shape index (κ3) is 3.88. The Morgan fingerprint density at radius 3 is 2.42 bits per heavy atom. The molecule has 0 unspecified atom stereocenters. The van der Waals surface area contributed by atoms with Gasteiger partial charge in [-0.1, -0.05) is 58.4 Å². The van der Waals surface area contributed by atoms with Gasteiger partial charge in [0.15, 0.2) is 0 Å². The van der Waals surface area contributed by atoms with Crippen molar-refractivity contribution < 1.29 is 9.21 Å². The minimum Gasteiger partial charge on any atom is -0.457 e. The molecule has 0 saturated carbocycles. The summed E-state index contributed by atoms with van der Waals surface area (Å²) in [6.07, 6.45) is 7.06. The van der Waals surface area contributed by atoms with Crippen molar-refractivity contribution >= 4 is 39.3 Å². The van der Waals surface area contributed by atoms with Gasteiger partial charge in [-0.15, -0.1) is 0 Å². The molecule has 3 heterocycles. The highest BCUT2D eigenvalue weighted by atomic mass is 79.9. The Morgan fingerprint density at radius 1 is 0.871 bits per heavy atom. The van der Waals surface area contributed by atoms with Crippen LogP contribution < -0.4 is 4.90 Å². The van der Waals surface area contributed by atoms with E-state index in [0.717, 1.165) is 32.7 Å². The predicted molar refractivity (Wildman–Crippen MR) is 126 cm³/mol. The molecule has 0 aliphatic carbocycles. The van der Waals surface area contributed by atoms with Gasteiger partial charge in [0.05, 0.1) is 17.6 Å². The Bertz CT molecular complexity index is 1290. The number of furan rings is 1. The fourth-order valence-corrected chi connectivity index (χ4v) is 3.80. The molecule has 1 aliphatic heterocycles. The van der Waals surface area contributed by atoms with E-state index in [1.54, 1.807) is 23.4 Å². The van der Waals surface area contributed by atoms with Gasteiger partial charge < -0.3 is 4.42 Å². The second-order valence-electron chi connectivity index (χ2n) is 7.06. The summed E-state index contributed by atoms with van der Waals surface area (Å²) in [6.45, 7) is 0. The van der Waals surface area contributed by atoms with E-state index in [0.29, 0.717) is 11.3 Å². The average Bonchev–Trinajstić information content (AvgIpc) is 3.40. The second-order valence-corrected chi connectivity index (χ2v) is 7.97. The number of amides is 1. The monoisotopic (exact) mass is 468 g/mol. The first kappa shape index (κ1) is 19.3. The molecule has 31 heavy (non-hydrogen) atoms. The van der Waals surface area contributed by atoms with Crippen LogP contribution in [0.1, 0.15) is 11.3 Å². The van der Waals surface area contributed by atoms with Crippen molar-refractivity contribution in [2.45, 2.75) is 0 Å². The van der Waals surface area contributed by atoms with Crippen LogP contribution in [0.3, 0.4) is 0 Å². The van der Waals surface area contributed by atoms with Gasteiger partial charge in [-0.3, -0.25) is 14.7 Å². The molecule has 0 fully saturated rings. The lowest BCUT2D eigenvalue weighted by molar-refractivity contribution is -0.113. The third-order valence-electron chi connectivity index (χ3n) is 5.01. The van der Waals surface area contributed by atoms with Crippen LogP contribution in [0.5, 0.6) is 0 Å². The Labute approximate surface area is 188 Å². The van der Waals surface area contributed by atoms with E-state index in [4.69, 9.17) is 4.42 Å². The van der Waals surface area contributed by atoms with Crippen LogP contribution in [0, 0.1) is 0 Å². The van der Waals surface area contributed by atoms with Crippen molar-refractivity contribution in [3.63, 3.8) is 0 Å². The zero-order valence-electron chi connectivity index (χ0n) is 16.4. The predicted octanol–water partition coefficient (Wildman–Crippen LogP) is 6.58. The molecule has 0 saturated heterocycles. The largest absolute Gasteiger partial charge is 0.457 e. The number of carbonyl (C=O) groups is 1. The zero-order valence-corrected chi connectivity index (χ0v) is 18.0. The van der Waals surface area contributed by atoms with E-state index in [9.17, 15) is 4.79 Å². The van der Waals surface area contributed by atoms with E-state index in [-0.39, 0.29) is 5.91 Å². The first-order valence-corrected chi connectivity index (χ1v) is 10.6. The first-order chi connectivity index (χ1) is 15.2. The van der Waals surface area contributed by atoms with Crippen molar-refractivity contribution in [3.05, 3.63) is 119 Å². The number of benzene rings is 2. The molecule has 0 atom stereocenters. The lowest BCUT2D eigenvalue weighted by atomic mass is 10.1. The molecule has 2 aromatic heterocycles. The van der Waals surface area contributed by atoms with Gasteiger partial charge >= 0.3 is 0 Å². The Kier molecular flexibility index (Phi) is 5.10. The van der Waals surface area contributed by atoms with Crippen LogP contribution >= 0.6 is 15.9 Å². The number of nitrogens with zero attached hydrogens (tertiary/aromatic N) is 2. The van der Waals surface area contributed by atoms with E-state index >= 15 is 0 Å². The van der Waals surface area contributed by atoms with Crippen molar-refractivity contribution in [2.75, 3.05) is 4.90 Å². The SMILES string of the molecule is O=C1C(=Cc2ccc(-c3ccc(Br)cc3)o2)C=C(c2ccccc2)N1c1cccnc1. The van der Waals surface area contributed by atoms with Gasteiger partial charge in [-0.05, 0) is 54.1 Å². The van der Waals surface area contributed by atoms with E-state index in [1.165, 1.54) is 0 Å². The summed E-state index contributed by atoms with van der Waals surface area (Å²) in [5.74, 6) is 1.26. The molecule has 4 nitrogen and oxygen atoms in total. The highest BCUT2D eigenvalue weighted by molar-refractivity contribution is 9.10. The molecule has 0 radical (unpaired) electrons. The summed E-state index contributed by atoms with van der Waals surface area (Å²) in [7, 11) is 0. The lowest BCUT2D eigenvalue weighted by Gasteiger charge is -2.20. The van der Waals surface area contributed by atoms with Crippen molar-refractivity contribution in [2.24, 2.45) is 0 Å². The maximum atomic E-state index is 13.3. The van der Waals surface area contributed by atoms with Crippen molar-refractivity contribution in [3.8, 4) is 11.3 Å². The molecular formula is C26H17BrN2O2. The van der Waals surface area contributed by atoms with Crippen LogP contribution in [0.4, 0.5) is 5.69 Å². The summed E-state index contributed by atoms with van der Waals surface area (Å²) in [5, 5.41) is 0. The highest BCUT2D eigenvalue weighted by Gasteiger charge is 2.30. The third-order valence-corrected chi connectivity index (χ3v) is 5.54. The Morgan fingerprint density at radius 2 is 1.68 bits per heavy atom. The summed E-state index contributed by atoms with van der Waals surface area (Å²) < 4.78 is 7.01. The lowest BCUT2D eigenvalue weighted by Crippen LogP contribution is -2.25. The zero-order chi connectivity index (χ0) is 21.2. The van der Waals surface area contributed by atoms with Crippen LogP contribution in [-0.4, -0.2) is 10.9 Å². The number of pyridine rings is 1. The number of anilines is 1. The van der Waals surface area contributed by atoms with Gasteiger partial charge in [0, 0.05) is 21.8 Å². The smallest absolute Gasteiger partial charge is 0.263 e. The maximum Gasteiger partial charge on any atom is 0.263 e. The van der Waals surface area contributed by atoms with Gasteiger partial charge in [0.2, 0.25) is 0 Å². The summed E-state index contributed by atoms with van der Waals surface area (Å²) in [4.78, 5) is 19.2. The van der Waals surface area contributed by atoms with Gasteiger partial charge in [-0.2, -0.15) is 0 Å². The van der Waals surface area contributed by atoms with Crippen LogP contribution in [0.25, 0.3) is 23.1 Å². The second kappa shape index (κ2) is 8.20. The van der Waals surface area contributed by atoms with Crippen LogP contribution in [-0.2, 0) is 4.79 Å². The maximum absolute atomic E-state index is 13.3. The normalized spacial score (nSPS) is 14.9. The van der Waals surface area contributed by atoms with Gasteiger partial charge in [0.1, 0.15) is 11.5 Å². The molecule has 0 bridgehead atoms. The number of aromatic nitrogens is 1. The molecule has 5 heteroatoms. The number of hydrogen-bond acceptors (Lipinski definition) is 3. The van der Waals surface area contributed by atoms with Crippen LogP contribution in [0.2, 0.25) is 0 Å². The average molecular weight is 469 g/mol. The van der Waals surface area contributed by atoms with Crippen molar-refractivity contribution in [1.29, 1.82) is 0 Å². The summed E-state index contributed by atoms with van der Waals surface area (Å²) in [6, 6.07) is 25.3. The quantitative estimate of drug-likeness (QED) is 0.318. The summed E-state index contributed by atoms with van der Waals surface area (Å²) >= 11 is 3.44. The minimum absolute atomic E-state index is 0.117. The topological polar surface area (TPSA) is 46.3 Å². The standard InChI is InChI=1S/C26H17BrN2O2/c27-21-10-8-19(9-11-21)25-13-12-23(31-25)15-20-16-24(18-5-2-1-3-6-18)29(26(20)30)22-7-4-14-28-17-22/h1-17H. The van der Waals surface area contributed by atoms with E-state index in [1.807, 2.05) is 84.9 Å². The van der Waals surface area contributed by atoms with Gasteiger partial charge in [0.25, 0.3) is 5.91 Å². The number of halogens is 1. The molecule has 0 N–H and O–H groups in total. The van der Waals surface area contributed by atoms with E-state index < -0.39 is 0 Å². The number of carbonyl (C=O) groups excluding carboxylic acids is 1. The Hall–Kier alpha value is -3.70. The summed E-state index contributed by atoms with van der Waals surface area (Å²) in [5.41, 5.74) is 4.02. The van der Waals surface area contributed by atoms with E-state index in [2.05, 4.69) is 20.9 Å². The minimum atomic E-state index is -0.117. The van der Waals surface area contributed by atoms with Crippen molar-refractivity contribution in [1.82, 2.24) is 4.98 Å². The molecular weight excluding hydrogens is 452 g/mol. The fraction of sp³-hybridized carbons (Fsp3) is 0. The molecule has 4 aromatic rings. The first-order valence-electron chi connectivity index (χ1n) is 9.78. The Balaban J connectivity index is 1.53. The molecule has 150 valence electrons. The molecule has 2 aromatic carbocycles. The molecule has 0 spiro atoms. The molecule has 1 aliphatic rings.